The van der Waals surface area contributed by atoms with Gasteiger partial charge < -0.3 is 28.8 Å². The van der Waals surface area contributed by atoms with Crippen molar-refractivity contribution < 1.29 is 46.5 Å². The third-order valence-electron chi connectivity index (χ3n) is 5.30. The molecule has 0 saturated carbocycles. The first-order valence-electron chi connectivity index (χ1n) is 11.8. The predicted octanol–water partition coefficient (Wildman–Crippen LogP) is 3.94. The van der Waals surface area contributed by atoms with E-state index in [1.165, 1.54) is 51.5 Å². The van der Waals surface area contributed by atoms with Gasteiger partial charge in [0, 0.05) is 31.5 Å². The van der Waals surface area contributed by atoms with Gasteiger partial charge in [-0.3, -0.25) is 14.4 Å². The second-order valence-electron chi connectivity index (χ2n) is 8.09. The van der Waals surface area contributed by atoms with E-state index in [0.717, 1.165) is 11.3 Å². The van der Waals surface area contributed by atoms with Crippen molar-refractivity contribution in [1.29, 1.82) is 0 Å². The number of rotatable bonds is 11. The maximum absolute atomic E-state index is 13.1. The zero-order valence-electron chi connectivity index (χ0n) is 21.7. The van der Waals surface area contributed by atoms with Gasteiger partial charge in [0.1, 0.15) is 17.2 Å². The highest BCUT2D eigenvalue weighted by molar-refractivity contribution is 7.07. The zero-order chi connectivity index (χ0) is 29.3. The number of carbonyl (C=O) groups excluding carboxylic acids is 3. The van der Waals surface area contributed by atoms with Crippen molar-refractivity contribution in [3.05, 3.63) is 58.2 Å². The van der Waals surface area contributed by atoms with Crippen molar-refractivity contribution in [2.45, 2.75) is 26.3 Å². The van der Waals surface area contributed by atoms with Gasteiger partial charge in [-0.1, -0.05) is 0 Å². The summed E-state index contributed by atoms with van der Waals surface area (Å²) in [6, 6.07) is 9.97. The molecule has 40 heavy (non-hydrogen) atoms. The highest BCUT2D eigenvalue weighted by Gasteiger charge is 2.31. The minimum atomic E-state index is -4.82. The summed E-state index contributed by atoms with van der Waals surface area (Å²) in [5.74, 6) is -1.24. The van der Waals surface area contributed by atoms with Crippen LogP contribution in [0.4, 0.5) is 13.2 Å². The van der Waals surface area contributed by atoms with Crippen molar-refractivity contribution in [2.24, 2.45) is 4.99 Å². The summed E-state index contributed by atoms with van der Waals surface area (Å²) >= 11 is 1.16. The van der Waals surface area contributed by atoms with Gasteiger partial charge in [-0.2, -0.15) is 4.99 Å². The van der Waals surface area contributed by atoms with Crippen molar-refractivity contribution in [2.75, 3.05) is 27.4 Å². The van der Waals surface area contributed by atoms with Crippen LogP contribution in [0.3, 0.4) is 0 Å². The van der Waals surface area contributed by atoms with Crippen molar-refractivity contribution in [3.8, 4) is 28.5 Å². The number of aromatic nitrogens is 1. The lowest BCUT2D eigenvalue weighted by Crippen LogP contribution is -2.30. The number of hydrogen-bond donors (Lipinski definition) is 1. The average molecular weight is 582 g/mol. The first-order valence-corrected chi connectivity index (χ1v) is 12.6. The van der Waals surface area contributed by atoms with E-state index in [2.05, 4.69) is 19.8 Å². The van der Waals surface area contributed by atoms with Crippen molar-refractivity contribution in [1.82, 2.24) is 9.88 Å². The highest BCUT2D eigenvalue weighted by atomic mass is 32.1. The number of nitrogens with one attached hydrogen (secondary N) is 1. The van der Waals surface area contributed by atoms with Gasteiger partial charge in [-0.05, 0) is 48.4 Å². The van der Waals surface area contributed by atoms with Gasteiger partial charge in [-0.25, -0.2) is 0 Å². The van der Waals surface area contributed by atoms with Crippen molar-refractivity contribution >= 4 is 29.1 Å². The van der Waals surface area contributed by atoms with E-state index in [0.29, 0.717) is 34.8 Å². The van der Waals surface area contributed by atoms with Crippen LogP contribution >= 0.6 is 11.3 Å². The molecule has 0 radical (unpaired) electrons. The Morgan fingerprint density at radius 3 is 2.35 bits per heavy atom. The quantitative estimate of drug-likeness (QED) is 0.269. The lowest BCUT2D eigenvalue weighted by molar-refractivity contribution is -0.274. The van der Waals surface area contributed by atoms with Crippen LogP contribution < -0.4 is 24.3 Å². The second kappa shape index (κ2) is 13.6. The van der Waals surface area contributed by atoms with Crippen LogP contribution in [0.2, 0.25) is 0 Å². The molecular weight excluding hydrogens is 555 g/mol. The molecule has 1 N–H and O–H groups in total. The molecule has 10 nitrogen and oxygen atoms in total. The minimum Gasteiger partial charge on any atom is -0.497 e. The maximum Gasteiger partial charge on any atom is 0.573 e. The molecule has 0 fully saturated rings. The number of nitrogens with zero attached hydrogens (tertiary/aromatic N) is 2. The molecule has 2 amide bonds. The van der Waals surface area contributed by atoms with Gasteiger partial charge in [0.25, 0.3) is 11.8 Å². The topological polar surface area (TPSA) is 117 Å². The first kappa shape index (κ1) is 30.2. The van der Waals surface area contributed by atoms with Crippen LogP contribution in [0.25, 0.3) is 11.3 Å². The number of ether oxygens (including phenoxy) is 4. The van der Waals surface area contributed by atoms with Gasteiger partial charge in [0.15, 0.2) is 11.4 Å². The normalized spacial score (nSPS) is 11.6. The Labute approximate surface area is 231 Å². The summed E-state index contributed by atoms with van der Waals surface area (Å²) in [5, 5.41) is 4.34. The summed E-state index contributed by atoms with van der Waals surface area (Å²) in [7, 11) is 2.90. The Morgan fingerprint density at radius 2 is 1.73 bits per heavy atom. The number of amides is 2. The summed E-state index contributed by atoms with van der Waals surface area (Å²) in [4.78, 5) is 40.4. The molecule has 0 spiro atoms. The van der Waals surface area contributed by atoms with Gasteiger partial charge in [0.05, 0.1) is 25.5 Å². The average Bonchev–Trinajstić information content (AvgIpc) is 3.30. The molecule has 0 unspecified atom stereocenters. The second-order valence-corrected chi connectivity index (χ2v) is 8.93. The summed E-state index contributed by atoms with van der Waals surface area (Å²) in [6.07, 6.45) is -4.42. The molecule has 0 saturated heterocycles. The SMILES string of the molecule is COc1ccc(C(=O)N=c2scc(-c3ccc(OC(F)(F)F)cc3)n2CCCNC(=O)COC(C)=O)c(OC)c1. The zero-order valence-corrected chi connectivity index (χ0v) is 22.6. The molecule has 14 heteroatoms. The van der Waals surface area contributed by atoms with E-state index in [1.54, 1.807) is 22.1 Å². The third-order valence-corrected chi connectivity index (χ3v) is 6.17. The molecule has 0 aliphatic carbocycles. The fourth-order valence-corrected chi connectivity index (χ4v) is 4.43. The Balaban J connectivity index is 1.90. The largest absolute Gasteiger partial charge is 0.573 e. The van der Waals surface area contributed by atoms with Crippen LogP contribution in [-0.4, -0.2) is 56.1 Å². The van der Waals surface area contributed by atoms with Crippen LogP contribution in [0.1, 0.15) is 23.7 Å². The molecule has 0 aliphatic heterocycles. The van der Waals surface area contributed by atoms with E-state index in [9.17, 15) is 27.6 Å². The lowest BCUT2D eigenvalue weighted by Gasteiger charge is -2.12. The van der Waals surface area contributed by atoms with Gasteiger partial charge in [0.2, 0.25) is 0 Å². The Hall–Kier alpha value is -4.33. The fraction of sp³-hybridized carbons (Fsp3) is 0.308. The number of thiazole rings is 1. The highest BCUT2D eigenvalue weighted by Crippen LogP contribution is 2.28. The number of alkyl halides is 3. The number of hydrogen-bond acceptors (Lipinski definition) is 8. The standard InChI is InChI=1S/C26H26F3N3O7S/c1-16(33)38-14-23(34)30-11-4-12-32-21(17-5-7-18(8-6-17)39-26(27,28)29)15-40-25(32)31-24(35)20-10-9-19(36-2)13-22(20)37-3/h5-10,13,15H,4,11-12,14H2,1-3H3,(H,30,34). The number of esters is 1. The van der Waals surface area contributed by atoms with Crippen molar-refractivity contribution in [3.63, 3.8) is 0 Å². The smallest absolute Gasteiger partial charge is 0.497 e. The van der Waals surface area contributed by atoms with Crippen LogP contribution in [0.15, 0.2) is 52.8 Å². The fourth-order valence-electron chi connectivity index (χ4n) is 3.50. The number of methoxy groups -OCH3 is 2. The summed E-state index contributed by atoms with van der Waals surface area (Å²) in [6.45, 7) is 1.30. The molecule has 1 aromatic heterocycles. The third kappa shape index (κ3) is 8.59. The number of benzene rings is 2. The van der Waals surface area contributed by atoms with Gasteiger partial charge in [-0.15, -0.1) is 24.5 Å². The Kier molecular flexibility index (Phi) is 10.3. The lowest BCUT2D eigenvalue weighted by atomic mass is 10.1. The number of halogens is 3. The minimum absolute atomic E-state index is 0.205. The Bertz CT molecular complexity index is 1420. The van der Waals surface area contributed by atoms with E-state index >= 15 is 0 Å². The van der Waals surface area contributed by atoms with E-state index in [-0.39, 0.29) is 23.6 Å². The monoisotopic (exact) mass is 581 g/mol. The summed E-state index contributed by atoms with van der Waals surface area (Å²) < 4.78 is 58.5. The predicted molar refractivity (Wildman–Crippen MR) is 138 cm³/mol. The molecule has 214 valence electrons. The van der Waals surface area contributed by atoms with Crippen LogP contribution in [-0.2, 0) is 20.9 Å². The van der Waals surface area contributed by atoms with Crippen LogP contribution in [0, 0.1) is 0 Å². The Morgan fingerprint density at radius 1 is 1.02 bits per heavy atom. The van der Waals surface area contributed by atoms with E-state index in [4.69, 9.17) is 9.47 Å². The van der Waals surface area contributed by atoms with Crippen LogP contribution in [0.5, 0.6) is 17.2 Å². The summed E-state index contributed by atoms with van der Waals surface area (Å²) in [5.41, 5.74) is 1.35. The molecule has 3 aromatic rings. The molecule has 0 atom stereocenters. The number of carbonyl (C=O) groups is 3. The molecule has 0 bridgehead atoms. The molecule has 1 heterocycles. The molecule has 3 rings (SSSR count). The molecule has 2 aromatic carbocycles. The van der Waals surface area contributed by atoms with E-state index in [1.807, 2.05) is 0 Å². The maximum atomic E-state index is 13.1. The van der Waals surface area contributed by atoms with E-state index < -0.39 is 30.8 Å². The first-order chi connectivity index (χ1) is 19.0. The van der Waals surface area contributed by atoms with Gasteiger partial charge >= 0.3 is 12.3 Å². The molecular formula is C26H26F3N3O7S. The molecule has 0 aliphatic rings.